The third-order valence-corrected chi connectivity index (χ3v) is 2.95. The second-order valence-corrected chi connectivity index (χ2v) is 4.37. The van der Waals surface area contributed by atoms with E-state index in [2.05, 4.69) is 17.9 Å². The predicted molar refractivity (Wildman–Crippen MR) is 73.5 cm³/mol. The van der Waals surface area contributed by atoms with Crippen LogP contribution in [0.2, 0.25) is 0 Å². The maximum atomic E-state index is 11.7. The van der Waals surface area contributed by atoms with Crippen molar-refractivity contribution < 1.29 is 14.3 Å². The number of methoxy groups -OCH3 is 1. The number of nitrogens with zero attached hydrogens (tertiary/aromatic N) is 2. The van der Waals surface area contributed by atoms with Crippen molar-refractivity contribution in [1.82, 2.24) is 9.19 Å². The van der Waals surface area contributed by atoms with E-state index < -0.39 is 0 Å². The topological polar surface area (TPSA) is 53.4 Å². The fourth-order valence-corrected chi connectivity index (χ4v) is 1.87. The maximum absolute atomic E-state index is 11.7. The fourth-order valence-electron chi connectivity index (χ4n) is 1.72. The Morgan fingerprint density at radius 2 is 2.21 bits per heavy atom. The van der Waals surface area contributed by atoms with E-state index in [1.54, 1.807) is 18.3 Å². The Bertz CT molecular complexity index is 595. The molecule has 5 nitrogen and oxygen atoms in total. The van der Waals surface area contributed by atoms with Gasteiger partial charge in [0.2, 0.25) is 5.88 Å². The van der Waals surface area contributed by atoms with Gasteiger partial charge in [-0.3, -0.25) is 0 Å². The van der Waals surface area contributed by atoms with E-state index >= 15 is 0 Å². The Kier molecular flexibility index (Phi) is 4.11. The zero-order valence-corrected chi connectivity index (χ0v) is 11.6. The molecular formula is C13H14N2O3S. The lowest BCUT2D eigenvalue weighted by Crippen LogP contribution is -2.09. The highest BCUT2D eigenvalue weighted by Crippen LogP contribution is 2.18. The van der Waals surface area contributed by atoms with Crippen molar-refractivity contribution in [1.29, 1.82) is 0 Å². The number of hydrogen-bond donors (Lipinski definition) is 1. The van der Waals surface area contributed by atoms with Gasteiger partial charge in [-0.05, 0) is 31.4 Å². The zero-order chi connectivity index (χ0) is 13.8. The van der Waals surface area contributed by atoms with Crippen molar-refractivity contribution in [3.05, 3.63) is 47.2 Å². The average molecular weight is 278 g/mol. The molecular weight excluding hydrogens is 264 g/mol. The number of carbonyl (C=O) groups is 1. The standard InChI is InChI=1S/C13H14N2O3S/c1-9-4-3-5-10(13(16)17-2)11(9)8-18-12-6-7-15(19)14-12/h3-7,19H,8H2,1-2H3. The van der Waals surface area contributed by atoms with E-state index in [1.807, 2.05) is 19.1 Å². The lowest BCUT2D eigenvalue weighted by atomic mass is 10.0. The van der Waals surface area contributed by atoms with Crippen LogP contribution in [0, 0.1) is 6.92 Å². The van der Waals surface area contributed by atoms with E-state index in [0.717, 1.165) is 11.1 Å². The third-order valence-electron chi connectivity index (χ3n) is 2.73. The monoisotopic (exact) mass is 278 g/mol. The van der Waals surface area contributed by atoms with E-state index in [4.69, 9.17) is 9.47 Å². The van der Waals surface area contributed by atoms with Crippen LogP contribution in [0.25, 0.3) is 0 Å². The van der Waals surface area contributed by atoms with E-state index in [9.17, 15) is 4.79 Å². The summed E-state index contributed by atoms with van der Waals surface area (Å²) in [7, 11) is 1.36. The molecule has 0 unspecified atom stereocenters. The van der Waals surface area contributed by atoms with Gasteiger partial charge in [0.05, 0.1) is 12.7 Å². The van der Waals surface area contributed by atoms with Gasteiger partial charge in [0, 0.05) is 17.8 Å². The molecule has 0 aliphatic carbocycles. The highest BCUT2D eigenvalue weighted by atomic mass is 32.1. The summed E-state index contributed by atoms with van der Waals surface area (Å²) >= 11 is 4.03. The van der Waals surface area contributed by atoms with Crippen molar-refractivity contribution in [2.24, 2.45) is 0 Å². The molecule has 6 heteroatoms. The first-order valence-corrected chi connectivity index (χ1v) is 6.06. The maximum Gasteiger partial charge on any atom is 0.338 e. The summed E-state index contributed by atoms with van der Waals surface area (Å²) in [5.74, 6) is 0.0797. The van der Waals surface area contributed by atoms with Crippen molar-refractivity contribution in [3.8, 4) is 5.88 Å². The van der Waals surface area contributed by atoms with Crippen LogP contribution in [-0.2, 0) is 11.3 Å². The first-order chi connectivity index (χ1) is 9.11. The molecule has 1 heterocycles. The SMILES string of the molecule is COC(=O)c1cccc(C)c1COc1ccn(S)n1. The largest absolute Gasteiger partial charge is 0.472 e. The molecule has 0 bridgehead atoms. The predicted octanol–water partition coefficient (Wildman–Crippen LogP) is 2.25. The summed E-state index contributed by atoms with van der Waals surface area (Å²) in [6.07, 6.45) is 1.66. The van der Waals surface area contributed by atoms with Crippen LogP contribution in [0.3, 0.4) is 0 Å². The van der Waals surface area contributed by atoms with Crippen LogP contribution in [0.15, 0.2) is 30.5 Å². The number of thiol groups is 1. The number of aryl methyl sites for hydroxylation is 1. The molecule has 0 saturated heterocycles. The van der Waals surface area contributed by atoms with Gasteiger partial charge in [-0.25, -0.2) is 8.88 Å². The van der Waals surface area contributed by atoms with Crippen molar-refractivity contribution in [2.75, 3.05) is 7.11 Å². The molecule has 0 saturated carbocycles. The van der Waals surface area contributed by atoms with Crippen LogP contribution in [0.5, 0.6) is 5.88 Å². The minimum Gasteiger partial charge on any atom is -0.472 e. The van der Waals surface area contributed by atoms with Crippen molar-refractivity contribution in [2.45, 2.75) is 13.5 Å². The Morgan fingerprint density at radius 3 is 2.84 bits per heavy atom. The lowest BCUT2D eigenvalue weighted by molar-refractivity contribution is 0.0597. The van der Waals surface area contributed by atoms with Gasteiger partial charge < -0.3 is 9.47 Å². The summed E-state index contributed by atoms with van der Waals surface area (Å²) in [4.78, 5) is 11.7. The second-order valence-electron chi connectivity index (χ2n) is 3.96. The smallest absolute Gasteiger partial charge is 0.338 e. The third kappa shape index (κ3) is 3.08. The van der Waals surface area contributed by atoms with Crippen LogP contribution < -0.4 is 4.74 Å². The number of esters is 1. The molecule has 2 rings (SSSR count). The minimum absolute atomic E-state index is 0.252. The van der Waals surface area contributed by atoms with Gasteiger partial charge in [-0.1, -0.05) is 12.1 Å². The fraction of sp³-hybridized carbons (Fsp3) is 0.231. The van der Waals surface area contributed by atoms with Crippen LogP contribution in [-0.4, -0.2) is 22.3 Å². The Balaban J connectivity index is 2.21. The quantitative estimate of drug-likeness (QED) is 0.688. The molecule has 2 aromatic rings. The molecule has 0 N–H and O–H groups in total. The molecule has 1 aromatic heterocycles. The number of carbonyl (C=O) groups excluding carboxylic acids is 1. The van der Waals surface area contributed by atoms with Crippen LogP contribution in [0.1, 0.15) is 21.5 Å². The molecule has 0 radical (unpaired) electrons. The van der Waals surface area contributed by atoms with Gasteiger partial charge in [-0.2, -0.15) is 0 Å². The molecule has 0 aliphatic heterocycles. The molecule has 0 aliphatic rings. The number of aromatic nitrogens is 2. The van der Waals surface area contributed by atoms with E-state index in [-0.39, 0.29) is 12.6 Å². The van der Waals surface area contributed by atoms with Crippen LogP contribution >= 0.6 is 12.8 Å². The highest BCUT2D eigenvalue weighted by molar-refractivity contribution is 7.78. The summed E-state index contributed by atoms with van der Waals surface area (Å²) in [5, 5.41) is 3.99. The number of hydrogen-bond acceptors (Lipinski definition) is 5. The van der Waals surface area contributed by atoms with Gasteiger partial charge in [0.1, 0.15) is 6.61 Å². The van der Waals surface area contributed by atoms with Crippen molar-refractivity contribution in [3.63, 3.8) is 0 Å². The second kappa shape index (κ2) is 5.79. The van der Waals surface area contributed by atoms with Gasteiger partial charge in [-0.15, -0.1) is 5.10 Å². The summed E-state index contributed by atoms with van der Waals surface area (Å²) in [5.41, 5.74) is 2.27. The summed E-state index contributed by atoms with van der Waals surface area (Å²) in [6.45, 7) is 2.17. The number of rotatable bonds is 4. The first kappa shape index (κ1) is 13.5. The molecule has 0 atom stereocenters. The molecule has 0 fully saturated rings. The van der Waals surface area contributed by atoms with Gasteiger partial charge in [0.15, 0.2) is 0 Å². The number of benzene rings is 1. The summed E-state index contributed by atoms with van der Waals surface area (Å²) < 4.78 is 11.7. The van der Waals surface area contributed by atoms with Gasteiger partial charge in [0.25, 0.3) is 0 Å². The molecule has 1 aromatic carbocycles. The normalized spacial score (nSPS) is 10.3. The minimum atomic E-state index is -0.373. The van der Waals surface area contributed by atoms with Crippen LogP contribution in [0.4, 0.5) is 0 Å². The first-order valence-electron chi connectivity index (χ1n) is 5.66. The van der Waals surface area contributed by atoms with E-state index in [0.29, 0.717) is 11.4 Å². The molecule has 100 valence electrons. The number of ether oxygens (including phenoxy) is 2. The lowest BCUT2D eigenvalue weighted by Gasteiger charge is -2.11. The molecule has 0 amide bonds. The summed E-state index contributed by atoms with van der Waals surface area (Å²) in [6, 6.07) is 7.15. The molecule has 0 spiro atoms. The Labute approximate surface area is 116 Å². The zero-order valence-electron chi connectivity index (χ0n) is 10.7. The average Bonchev–Trinajstić information content (AvgIpc) is 2.82. The van der Waals surface area contributed by atoms with E-state index in [1.165, 1.54) is 11.2 Å². The Morgan fingerprint density at radius 1 is 1.42 bits per heavy atom. The Hall–Kier alpha value is -1.95. The molecule has 19 heavy (non-hydrogen) atoms. The highest BCUT2D eigenvalue weighted by Gasteiger charge is 2.14. The van der Waals surface area contributed by atoms with Gasteiger partial charge >= 0.3 is 5.97 Å². The van der Waals surface area contributed by atoms with Crippen molar-refractivity contribution >= 4 is 18.8 Å².